The van der Waals surface area contributed by atoms with Gasteiger partial charge >= 0.3 is 0 Å². The summed E-state index contributed by atoms with van der Waals surface area (Å²) in [5, 5.41) is 9.24. The molecule has 0 saturated heterocycles. The minimum atomic E-state index is -3.82. The maximum Gasteiger partial charge on any atom is 0.264 e. The van der Waals surface area contributed by atoms with Crippen LogP contribution in [-0.4, -0.2) is 20.6 Å². The predicted octanol–water partition coefficient (Wildman–Crippen LogP) is 2.45. The number of sulfonamides is 1. The molecule has 0 radical (unpaired) electrons. The number of rotatable bonds is 4. The van der Waals surface area contributed by atoms with E-state index in [9.17, 15) is 17.9 Å². The molecule has 2 rings (SSSR count). The summed E-state index contributed by atoms with van der Waals surface area (Å²) in [4.78, 5) is 0.0980. The first-order valence-corrected chi connectivity index (χ1v) is 7.76. The Morgan fingerprint density at radius 2 is 1.86 bits per heavy atom. The number of benzene rings is 2. The number of aliphatic hydroxyl groups is 1. The Kier molecular flexibility index (Phi) is 4.29. The number of aliphatic hydroxyl groups excluding tert-OH is 1. The van der Waals surface area contributed by atoms with Crippen molar-refractivity contribution in [3.8, 4) is 0 Å². The molecule has 1 N–H and O–H groups in total. The van der Waals surface area contributed by atoms with Crippen molar-refractivity contribution < 1.29 is 17.9 Å². The number of hydrogen-bond donors (Lipinski definition) is 1. The standard InChI is InChI=1S/C15H16FNO3S/c1-11-12(10-18)5-3-8-15(11)21(19,20)17(2)14-7-4-6-13(16)9-14/h3-9,18H,10H2,1-2H3. The summed E-state index contributed by atoms with van der Waals surface area (Å²) in [5.41, 5.74) is 1.27. The van der Waals surface area contributed by atoms with Crippen molar-refractivity contribution in [1.82, 2.24) is 0 Å². The van der Waals surface area contributed by atoms with E-state index >= 15 is 0 Å². The maximum atomic E-state index is 13.3. The molecule has 0 aliphatic heterocycles. The Morgan fingerprint density at radius 1 is 1.19 bits per heavy atom. The zero-order valence-corrected chi connectivity index (χ0v) is 12.6. The van der Waals surface area contributed by atoms with Crippen LogP contribution in [-0.2, 0) is 16.6 Å². The molecule has 0 fully saturated rings. The molecule has 0 aromatic heterocycles. The van der Waals surface area contributed by atoms with Crippen LogP contribution >= 0.6 is 0 Å². The third kappa shape index (κ3) is 2.91. The highest BCUT2D eigenvalue weighted by Crippen LogP contribution is 2.26. The molecule has 21 heavy (non-hydrogen) atoms. The predicted molar refractivity (Wildman–Crippen MR) is 79.1 cm³/mol. The van der Waals surface area contributed by atoms with Crippen LogP contribution in [0.25, 0.3) is 0 Å². The van der Waals surface area contributed by atoms with E-state index in [0.717, 1.165) is 10.4 Å². The van der Waals surface area contributed by atoms with E-state index in [4.69, 9.17) is 0 Å². The van der Waals surface area contributed by atoms with Crippen molar-refractivity contribution in [2.24, 2.45) is 0 Å². The third-order valence-corrected chi connectivity index (χ3v) is 5.31. The lowest BCUT2D eigenvalue weighted by Crippen LogP contribution is -2.27. The van der Waals surface area contributed by atoms with Crippen LogP contribution in [0.5, 0.6) is 0 Å². The first-order chi connectivity index (χ1) is 9.87. The van der Waals surface area contributed by atoms with Gasteiger partial charge in [-0.3, -0.25) is 4.31 Å². The molecule has 112 valence electrons. The normalized spacial score (nSPS) is 11.4. The van der Waals surface area contributed by atoms with Crippen molar-refractivity contribution in [1.29, 1.82) is 0 Å². The summed E-state index contributed by atoms with van der Waals surface area (Å²) < 4.78 is 39.6. The Balaban J connectivity index is 2.52. The highest BCUT2D eigenvalue weighted by molar-refractivity contribution is 7.92. The lowest BCUT2D eigenvalue weighted by Gasteiger charge is -2.21. The number of halogens is 1. The molecule has 0 aliphatic carbocycles. The first-order valence-electron chi connectivity index (χ1n) is 6.31. The molecular weight excluding hydrogens is 293 g/mol. The summed E-state index contributed by atoms with van der Waals surface area (Å²) in [6, 6.07) is 10.1. The van der Waals surface area contributed by atoms with Crippen LogP contribution in [0.15, 0.2) is 47.4 Å². The average molecular weight is 309 g/mol. The summed E-state index contributed by atoms with van der Waals surface area (Å²) in [7, 11) is -2.45. The molecule has 0 bridgehead atoms. The van der Waals surface area contributed by atoms with Gasteiger partial charge in [-0.05, 0) is 42.3 Å². The molecule has 2 aromatic rings. The average Bonchev–Trinajstić information content (AvgIpc) is 2.46. The Bertz CT molecular complexity index is 759. The lowest BCUT2D eigenvalue weighted by atomic mass is 10.1. The number of hydrogen-bond acceptors (Lipinski definition) is 3. The van der Waals surface area contributed by atoms with Crippen molar-refractivity contribution in [3.05, 3.63) is 59.4 Å². The molecule has 6 heteroatoms. The van der Waals surface area contributed by atoms with E-state index in [-0.39, 0.29) is 17.2 Å². The van der Waals surface area contributed by atoms with E-state index in [1.165, 1.54) is 31.3 Å². The van der Waals surface area contributed by atoms with Crippen molar-refractivity contribution in [3.63, 3.8) is 0 Å². The Labute approximate surface area is 123 Å². The first kappa shape index (κ1) is 15.5. The van der Waals surface area contributed by atoms with E-state index in [1.54, 1.807) is 19.1 Å². The largest absolute Gasteiger partial charge is 0.392 e. The fourth-order valence-corrected chi connectivity index (χ4v) is 3.52. The monoisotopic (exact) mass is 309 g/mol. The summed E-state index contributed by atoms with van der Waals surface area (Å²) in [6.07, 6.45) is 0. The second kappa shape index (κ2) is 5.83. The van der Waals surface area contributed by atoms with Crippen LogP contribution in [0.3, 0.4) is 0 Å². The molecule has 0 atom stereocenters. The van der Waals surface area contributed by atoms with Crippen LogP contribution in [0, 0.1) is 12.7 Å². The van der Waals surface area contributed by atoms with Gasteiger partial charge in [-0.1, -0.05) is 18.2 Å². The fourth-order valence-electron chi connectivity index (χ4n) is 2.07. The van der Waals surface area contributed by atoms with Gasteiger partial charge in [0, 0.05) is 7.05 Å². The van der Waals surface area contributed by atoms with Gasteiger partial charge in [-0.15, -0.1) is 0 Å². The van der Waals surface area contributed by atoms with Gasteiger partial charge < -0.3 is 5.11 Å². The van der Waals surface area contributed by atoms with Gasteiger partial charge in [0.2, 0.25) is 0 Å². The maximum absolute atomic E-state index is 13.3. The molecule has 0 saturated carbocycles. The highest BCUT2D eigenvalue weighted by Gasteiger charge is 2.24. The van der Waals surface area contributed by atoms with E-state index in [1.807, 2.05) is 0 Å². The number of anilines is 1. The second-order valence-corrected chi connectivity index (χ2v) is 6.59. The molecule has 0 spiro atoms. The van der Waals surface area contributed by atoms with Crippen LogP contribution in [0.2, 0.25) is 0 Å². The molecule has 0 unspecified atom stereocenters. The van der Waals surface area contributed by atoms with E-state index < -0.39 is 15.8 Å². The van der Waals surface area contributed by atoms with Gasteiger partial charge in [-0.25, -0.2) is 12.8 Å². The Hall–Kier alpha value is -1.92. The molecule has 4 nitrogen and oxygen atoms in total. The van der Waals surface area contributed by atoms with Crippen LogP contribution in [0.4, 0.5) is 10.1 Å². The van der Waals surface area contributed by atoms with Gasteiger partial charge in [0.1, 0.15) is 5.82 Å². The third-order valence-electron chi connectivity index (χ3n) is 3.38. The summed E-state index contributed by atoms with van der Waals surface area (Å²) in [5.74, 6) is -0.504. The Morgan fingerprint density at radius 3 is 2.48 bits per heavy atom. The lowest BCUT2D eigenvalue weighted by molar-refractivity contribution is 0.280. The highest BCUT2D eigenvalue weighted by atomic mass is 32.2. The van der Waals surface area contributed by atoms with Gasteiger partial charge in [0.25, 0.3) is 10.0 Å². The fraction of sp³-hybridized carbons (Fsp3) is 0.200. The van der Waals surface area contributed by atoms with Gasteiger partial charge in [0.15, 0.2) is 0 Å². The summed E-state index contributed by atoms with van der Waals surface area (Å²) in [6.45, 7) is 1.40. The SMILES string of the molecule is Cc1c(CO)cccc1S(=O)(=O)N(C)c1cccc(F)c1. The zero-order valence-electron chi connectivity index (χ0n) is 11.7. The van der Waals surface area contributed by atoms with Gasteiger partial charge in [0.05, 0.1) is 17.2 Å². The molecule has 0 amide bonds. The minimum Gasteiger partial charge on any atom is -0.392 e. The summed E-state index contributed by atoms with van der Waals surface area (Å²) >= 11 is 0. The van der Waals surface area contributed by atoms with Gasteiger partial charge in [-0.2, -0.15) is 0 Å². The molecular formula is C15H16FNO3S. The molecule has 2 aromatic carbocycles. The quantitative estimate of drug-likeness (QED) is 0.944. The van der Waals surface area contributed by atoms with Crippen LogP contribution in [0.1, 0.15) is 11.1 Å². The van der Waals surface area contributed by atoms with Crippen molar-refractivity contribution in [2.75, 3.05) is 11.4 Å². The van der Waals surface area contributed by atoms with Crippen molar-refractivity contribution in [2.45, 2.75) is 18.4 Å². The number of nitrogens with zero attached hydrogens (tertiary/aromatic N) is 1. The zero-order chi connectivity index (χ0) is 15.6. The van der Waals surface area contributed by atoms with E-state index in [0.29, 0.717) is 11.1 Å². The van der Waals surface area contributed by atoms with Crippen molar-refractivity contribution >= 4 is 15.7 Å². The van der Waals surface area contributed by atoms with E-state index in [2.05, 4.69) is 0 Å². The second-order valence-electron chi connectivity index (χ2n) is 4.65. The topological polar surface area (TPSA) is 57.6 Å². The molecule has 0 heterocycles. The smallest absolute Gasteiger partial charge is 0.264 e. The van der Waals surface area contributed by atoms with Crippen LogP contribution < -0.4 is 4.31 Å². The minimum absolute atomic E-state index is 0.0980. The molecule has 0 aliphatic rings.